The molecular formula is C8H14BrNO2. The Morgan fingerprint density at radius 1 is 1.58 bits per heavy atom. The van der Waals surface area contributed by atoms with Crippen molar-refractivity contribution in [2.24, 2.45) is 5.41 Å². The average Bonchev–Trinajstić information content (AvgIpc) is 2.25. The van der Waals surface area contributed by atoms with Crippen molar-refractivity contribution in [2.45, 2.75) is 24.7 Å². The Bertz CT molecular complexity index is 205. The molecule has 0 aliphatic carbocycles. The van der Waals surface area contributed by atoms with Crippen molar-refractivity contribution in [1.82, 2.24) is 5.32 Å². The molecule has 1 rings (SSSR count). The Balaban J connectivity index is 2.71. The van der Waals surface area contributed by atoms with E-state index in [1.807, 2.05) is 13.8 Å². The zero-order chi connectivity index (χ0) is 9.41. The van der Waals surface area contributed by atoms with Gasteiger partial charge in [-0.05, 0) is 20.3 Å². The Morgan fingerprint density at radius 2 is 2.17 bits per heavy atom. The fourth-order valence-corrected chi connectivity index (χ4v) is 2.39. The zero-order valence-corrected chi connectivity index (χ0v) is 9.19. The third kappa shape index (κ3) is 1.80. The molecule has 2 atom stereocenters. The van der Waals surface area contributed by atoms with E-state index in [4.69, 9.17) is 4.74 Å². The lowest BCUT2D eigenvalue weighted by atomic mass is 9.88. The van der Waals surface area contributed by atoms with E-state index >= 15 is 0 Å². The Kier molecular flexibility index (Phi) is 2.50. The monoisotopic (exact) mass is 235 g/mol. The van der Waals surface area contributed by atoms with E-state index in [1.54, 1.807) is 0 Å². The Hall–Kier alpha value is -0.0900. The van der Waals surface area contributed by atoms with E-state index in [9.17, 15) is 4.79 Å². The summed E-state index contributed by atoms with van der Waals surface area (Å²) >= 11 is 3.50. The highest BCUT2D eigenvalue weighted by atomic mass is 79.9. The van der Waals surface area contributed by atoms with Gasteiger partial charge in [0.2, 0.25) is 0 Å². The second-order valence-corrected chi connectivity index (χ2v) is 5.53. The first-order valence-electron chi connectivity index (χ1n) is 3.92. The normalized spacial score (nSPS) is 41.3. The minimum atomic E-state index is -0.382. The van der Waals surface area contributed by atoms with Gasteiger partial charge in [-0.25, -0.2) is 0 Å². The molecule has 4 heteroatoms. The molecule has 0 aromatic carbocycles. The molecule has 1 saturated heterocycles. The van der Waals surface area contributed by atoms with Gasteiger partial charge < -0.3 is 10.1 Å². The van der Waals surface area contributed by atoms with Crippen molar-refractivity contribution in [1.29, 1.82) is 0 Å². The first-order valence-corrected chi connectivity index (χ1v) is 4.71. The standard InChI is InChI=1S/C8H14BrNO2/c1-7(6(11)12-3)4-8(2,9)10-5-7/h10H,4-5H2,1-3H3. The topological polar surface area (TPSA) is 38.3 Å². The quantitative estimate of drug-likeness (QED) is 0.423. The smallest absolute Gasteiger partial charge is 0.312 e. The van der Waals surface area contributed by atoms with Crippen LogP contribution in [0.25, 0.3) is 0 Å². The highest BCUT2D eigenvalue weighted by molar-refractivity contribution is 9.10. The maximum Gasteiger partial charge on any atom is 0.312 e. The summed E-state index contributed by atoms with van der Waals surface area (Å²) in [6.07, 6.45) is 0.757. The molecule has 2 unspecified atom stereocenters. The summed E-state index contributed by atoms with van der Waals surface area (Å²) in [6.45, 7) is 4.60. The lowest BCUT2D eigenvalue weighted by Gasteiger charge is -2.20. The number of carbonyl (C=O) groups is 1. The maximum atomic E-state index is 11.3. The number of hydrogen-bond acceptors (Lipinski definition) is 3. The molecule has 3 nitrogen and oxygen atoms in total. The first-order chi connectivity index (χ1) is 5.40. The fraction of sp³-hybridized carbons (Fsp3) is 0.875. The van der Waals surface area contributed by atoms with Crippen LogP contribution in [-0.2, 0) is 9.53 Å². The number of hydrogen-bond donors (Lipinski definition) is 1. The molecule has 1 fully saturated rings. The molecule has 1 aliphatic rings. The SMILES string of the molecule is COC(=O)C1(C)CNC(C)(Br)C1. The molecule has 0 spiro atoms. The van der Waals surface area contributed by atoms with Crippen LogP contribution in [0.4, 0.5) is 0 Å². The number of rotatable bonds is 1. The van der Waals surface area contributed by atoms with Crippen LogP contribution >= 0.6 is 15.9 Å². The van der Waals surface area contributed by atoms with Crippen molar-refractivity contribution in [3.63, 3.8) is 0 Å². The van der Waals surface area contributed by atoms with Gasteiger partial charge in [0.05, 0.1) is 17.0 Å². The predicted octanol–water partition coefficient (Wildman–Crippen LogP) is 1.27. The highest BCUT2D eigenvalue weighted by Crippen LogP contribution is 2.38. The van der Waals surface area contributed by atoms with E-state index in [0.29, 0.717) is 6.54 Å². The summed E-state index contributed by atoms with van der Waals surface area (Å²) in [7, 11) is 1.43. The van der Waals surface area contributed by atoms with E-state index in [0.717, 1.165) is 6.42 Å². The second kappa shape index (κ2) is 3.00. The summed E-state index contributed by atoms with van der Waals surface area (Å²) in [5.41, 5.74) is -0.382. The van der Waals surface area contributed by atoms with E-state index in [2.05, 4.69) is 21.2 Å². The van der Waals surface area contributed by atoms with Gasteiger partial charge >= 0.3 is 5.97 Å². The number of alkyl halides is 1. The number of ether oxygens (including phenoxy) is 1. The fourth-order valence-electron chi connectivity index (χ4n) is 1.63. The summed E-state index contributed by atoms with van der Waals surface area (Å²) in [5, 5.41) is 3.22. The Labute approximate surface area is 81.0 Å². The molecule has 0 aromatic heterocycles. The minimum Gasteiger partial charge on any atom is -0.469 e. The van der Waals surface area contributed by atoms with Crippen molar-refractivity contribution in [2.75, 3.05) is 13.7 Å². The van der Waals surface area contributed by atoms with Gasteiger partial charge in [-0.3, -0.25) is 4.79 Å². The lowest BCUT2D eigenvalue weighted by Crippen LogP contribution is -2.31. The summed E-state index contributed by atoms with van der Waals surface area (Å²) < 4.78 is 4.60. The number of methoxy groups -OCH3 is 1. The zero-order valence-electron chi connectivity index (χ0n) is 7.61. The van der Waals surface area contributed by atoms with Gasteiger partial charge in [-0.15, -0.1) is 0 Å². The molecular weight excluding hydrogens is 222 g/mol. The van der Waals surface area contributed by atoms with Gasteiger partial charge in [-0.1, -0.05) is 15.9 Å². The number of nitrogens with one attached hydrogen (secondary N) is 1. The number of halogens is 1. The van der Waals surface area contributed by atoms with Gasteiger partial charge in [0.25, 0.3) is 0 Å². The van der Waals surface area contributed by atoms with Crippen molar-refractivity contribution < 1.29 is 9.53 Å². The summed E-state index contributed by atoms with van der Waals surface area (Å²) in [4.78, 5) is 11.3. The molecule has 1 N–H and O–H groups in total. The number of esters is 1. The van der Waals surface area contributed by atoms with Crippen LogP contribution in [0.5, 0.6) is 0 Å². The second-order valence-electron chi connectivity index (χ2n) is 3.78. The third-order valence-electron chi connectivity index (χ3n) is 2.25. The summed E-state index contributed by atoms with van der Waals surface area (Å²) in [6, 6.07) is 0. The molecule has 12 heavy (non-hydrogen) atoms. The van der Waals surface area contributed by atoms with E-state index in [-0.39, 0.29) is 15.8 Å². The maximum absolute atomic E-state index is 11.3. The van der Waals surface area contributed by atoms with Crippen molar-refractivity contribution in [3.05, 3.63) is 0 Å². The number of carbonyl (C=O) groups excluding carboxylic acids is 1. The molecule has 0 amide bonds. The van der Waals surface area contributed by atoms with Gasteiger partial charge in [0.1, 0.15) is 0 Å². The molecule has 0 aromatic rings. The lowest BCUT2D eigenvalue weighted by molar-refractivity contribution is -0.150. The van der Waals surface area contributed by atoms with Crippen LogP contribution in [-0.4, -0.2) is 24.1 Å². The molecule has 1 heterocycles. The minimum absolute atomic E-state index is 0.129. The van der Waals surface area contributed by atoms with Crippen molar-refractivity contribution >= 4 is 21.9 Å². The predicted molar refractivity (Wildman–Crippen MR) is 50.1 cm³/mol. The van der Waals surface area contributed by atoms with Crippen molar-refractivity contribution in [3.8, 4) is 0 Å². The highest BCUT2D eigenvalue weighted by Gasteiger charge is 2.46. The van der Waals surface area contributed by atoms with Crippen LogP contribution in [0.2, 0.25) is 0 Å². The first kappa shape index (κ1) is 9.99. The molecule has 70 valence electrons. The van der Waals surface area contributed by atoms with Gasteiger partial charge in [-0.2, -0.15) is 0 Å². The molecule has 0 saturated carbocycles. The summed E-state index contributed by atoms with van der Waals surface area (Å²) in [5.74, 6) is -0.141. The van der Waals surface area contributed by atoms with Crippen LogP contribution in [0.3, 0.4) is 0 Å². The largest absolute Gasteiger partial charge is 0.469 e. The van der Waals surface area contributed by atoms with Gasteiger partial charge in [0.15, 0.2) is 0 Å². The Morgan fingerprint density at radius 3 is 2.50 bits per heavy atom. The molecule has 0 radical (unpaired) electrons. The third-order valence-corrected chi connectivity index (χ3v) is 2.81. The van der Waals surface area contributed by atoms with Crippen LogP contribution in [0.15, 0.2) is 0 Å². The molecule has 0 bridgehead atoms. The van der Waals surface area contributed by atoms with E-state index in [1.165, 1.54) is 7.11 Å². The van der Waals surface area contributed by atoms with E-state index < -0.39 is 0 Å². The van der Waals surface area contributed by atoms with Crippen LogP contribution < -0.4 is 5.32 Å². The van der Waals surface area contributed by atoms with Crippen LogP contribution in [0.1, 0.15) is 20.3 Å². The molecule has 1 aliphatic heterocycles. The average molecular weight is 236 g/mol. The van der Waals surface area contributed by atoms with Crippen LogP contribution in [0, 0.1) is 5.41 Å². The van der Waals surface area contributed by atoms with Gasteiger partial charge in [0, 0.05) is 6.54 Å².